The van der Waals surface area contributed by atoms with Crippen LogP contribution in [0.2, 0.25) is 0 Å². The zero-order valence-electron chi connectivity index (χ0n) is 10.8. The molecule has 0 aromatic rings. The molecule has 1 fully saturated rings. The van der Waals surface area contributed by atoms with Crippen molar-refractivity contribution in [1.29, 1.82) is 0 Å². The Kier molecular flexibility index (Phi) is 5.37. The number of hydrogen-bond acceptors (Lipinski definition) is 5. The van der Waals surface area contributed by atoms with Crippen LogP contribution in [0.3, 0.4) is 0 Å². The van der Waals surface area contributed by atoms with E-state index in [0.29, 0.717) is 19.7 Å². The van der Waals surface area contributed by atoms with Gasteiger partial charge in [-0.15, -0.1) is 0 Å². The predicted octanol–water partition coefficient (Wildman–Crippen LogP) is -0.282. The lowest BCUT2D eigenvalue weighted by atomic mass is 9.82. The van der Waals surface area contributed by atoms with E-state index < -0.39 is 9.84 Å². The Hall–Kier alpha value is -0.170. The zero-order valence-corrected chi connectivity index (χ0v) is 11.6. The highest BCUT2D eigenvalue weighted by Crippen LogP contribution is 2.28. The van der Waals surface area contributed by atoms with E-state index in [4.69, 9.17) is 10.5 Å². The van der Waals surface area contributed by atoms with Gasteiger partial charge in [0.05, 0.1) is 12.4 Å². The summed E-state index contributed by atoms with van der Waals surface area (Å²) in [6.45, 7) is 3.46. The van der Waals surface area contributed by atoms with E-state index in [1.807, 2.05) is 11.9 Å². The average molecular weight is 264 g/mol. The molecule has 0 aromatic heterocycles. The van der Waals surface area contributed by atoms with Crippen LogP contribution < -0.4 is 5.73 Å². The van der Waals surface area contributed by atoms with Crippen molar-refractivity contribution < 1.29 is 13.2 Å². The highest BCUT2D eigenvalue weighted by molar-refractivity contribution is 7.90. The maximum atomic E-state index is 11.1. The van der Waals surface area contributed by atoms with Crippen LogP contribution in [0.5, 0.6) is 0 Å². The Morgan fingerprint density at radius 2 is 2.18 bits per heavy atom. The Bertz CT molecular complexity index is 324. The maximum absolute atomic E-state index is 11.1. The van der Waals surface area contributed by atoms with Gasteiger partial charge < -0.3 is 15.4 Å². The summed E-state index contributed by atoms with van der Waals surface area (Å²) in [7, 11) is -0.949. The van der Waals surface area contributed by atoms with Gasteiger partial charge in [-0.2, -0.15) is 0 Å². The van der Waals surface area contributed by atoms with Gasteiger partial charge in [0, 0.05) is 37.9 Å². The fourth-order valence-corrected chi connectivity index (χ4v) is 2.88. The molecule has 1 atom stereocenters. The second kappa shape index (κ2) is 6.13. The lowest BCUT2D eigenvalue weighted by Gasteiger charge is -2.38. The van der Waals surface area contributed by atoms with Crippen LogP contribution in [0.4, 0.5) is 0 Å². The minimum atomic E-state index is -2.89. The fraction of sp³-hybridized carbons (Fsp3) is 1.00. The van der Waals surface area contributed by atoms with Crippen molar-refractivity contribution in [3.05, 3.63) is 0 Å². The van der Waals surface area contributed by atoms with Crippen LogP contribution in [0.25, 0.3) is 0 Å². The lowest BCUT2D eigenvalue weighted by Crippen LogP contribution is -2.47. The summed E-state index contributed by atoms with van der Waals surface area (Å²) in [6.07, 6.45) is 3.37. The SMILES string of the molecule is CN(CCS(C)(=O)=O)CC1(CN)CCCOC1. The number of nitrogens with two attached hydrogens (primary N) is 1. The van der Waals surface area contributed by atoms with Gasteiger partial charge in [0.2, 0.25) is 0 Å². The smallest absolute Gasteiger partial charge is 0.148 e. The number of ether oxygens (including phenoxy) is 1. The second-order valence-corrected chi connectivity index (χ2v) is 7.49. The van der Waals surface area contributed by atoms with Crippen LogP contribution in [0.1, 0.15) is 12.8 Å². The molecule has 0 aromatic carbocycles. The number of hydrogen-bond donors (Lipinski definition) is 1. The van der Waals surface area contributed by atoms with Gasteiger partial charge in [-0.05, 0) is 19.9 Å². The summed E-state index contributed by atoms with van der Waals surface area (Å²) in [5.74, 6) is 0.199. The molecule has 1 heterocycles. The topological polar surface area (TPSA) is 72.6 Å². The van der Waals surface area contributed by atoms with Crippen LogP contribution in [0.15, 0.2) is 0 Å². The van der Waals surface area contributed by atoms with E-state index >= 15 is 0 Å². The van der Waals surface area contributed by atoms with Crippen LogP contribution >= 0.6 is 0 Å². The molecule has 1 aliphatic rings. The zero-order chi connectivity index (χ0) is 12.9. The monoisotopic (exact) mass is 264 g/mol. The maximum Gasteiger partial charge on any atom is 0.148 e. The van der Waals surface area contributed by atoms with Crippen LogP contribution in [-0.2, 0) is 14.6 Å². The van der Waals surface area contributed by atoms with Gasteiger partial charge >= 0.3 is 0 Å². The molecular formula is C11H24N2O3S. The largest absolute Gasteiger partial charge is 0.381 e. The predicted molar refractivity (Wildman–Crippen MR) is 68.7 cm³/mol. The Morgan fingerprint density at radius 1 is 1.47 bits per heavy atom. The molecule has 0 amide bonds. The third-order valence-corrected chi connectivity index (χ3v) is 4.21. The lowest BCUT2D eigenvalue weighted by molar-refractivity contribution is -0.0175. The normalized spacial score (nSPS) is 26.4. The van der Waals surface area contributed by atoms with Crippen molar-refractivity contribution >= 4 is 9.84 Å². The molecule has 1 rings (SSSR count). The summed E-state index contributed by atoms with van der Waals surface area (Å²) in [4.78, 5) is 2.04. The Balaban J connectivity index is 2.44. The minimum Gasteiger partial charge on any atom is -0.381 e. The summed E-state index contributed by atoms with van der Waals surface area (Å²) < 4.78 is 27.7. The molecule has 102 valence electrons. The summed E-state index contributed by atoms with van der Waals surface area (Å²) in [5, 5.41) is 0. The third-order valence-electron chi connectivity index (χ3n) is 3.29. The molecule has 0 aliphatic carbocycles. The minimum absolute atomic E-state index is 0.00447. The average Bonchev–Trinajstić information content (AvgIpc) is 2.27. The second-order valence-electron chi connectivity index (χ2n) is 5.23. The molecule has 17 heavy (non-hydrogen) atoms. The molecule has 5 nitrogen and oxygen atoms in total. The summed E-state index contributed by atoms with van der Waals surface area (Å²) >= 11 is 0. The highest BCUT2D eigenvalue weighted by Gasteiger charge is 2.32. The Labute approximate surface area is 104 Å². The number of rotatable bonds is 6. The van der Waals surface area contributed by atoms with E-state index in [1.165, 1.54) is 6.26 Å². The van der Waals surface area contributed by atoms with Gasteiger partial charge in [-0.3, -0.25) is 0 Å². The van der Waals surface area contributed by atoms with Gasteiger partial charge in [0.1, 0.15) is 9.84 Å². The first-order valence-corrected chi connectivity index (χ1v) is 8.07. The molecule has 1 unspecified atom stereocenters. The van der Waals surface area contributed by atoms with Crippen molar-refractivity contribution in [2.24, 2.45) is 11.1 Å². The van der Waals surface area contributed by atoms with E-state index in [0.717, 1.165) is 26.0 Å². The Morgan fingerprint density at radius 3 is 2.65 bits per heavy atom. The van der Waals surface area contributed by atoms with Crippen molar-refractivity contribution in [3.63, 3.8) is 0 Å². The van der Waals surface area contributed by atoms with Gasteiger partial charge in [-0.1, -0.05) is 0 Å². The molecule has 0 bridgehead atoms. The van der Waals surface area contributed by atoms with Gasteiger partial charge in [-0.25, -0.2) is 8.42 Å². The standard InChI is InChI=1S/C11H24N2O3S/c1-13(5-7-17(2,14)15)9-11(8-12)4-3-6-16-10-11/h3-10,12H2,1-2H3. The van der Waals surface area contributed by atoms with Gasteiger partial charge in [0.15, 0.2) is 0 Å². The molecule has 0 radical (unpaired) electrons. The molecule has 0 spiro atoms. The summed E-state index contributed by atoms with van der Waals surface area (Å²) in [6, 6.07) is 0. The highest BCUT2D eigenvalue weighted by atomic mass is 32.2. The van der Waals surface area contributed by atoms with Crippen molar-refractivity contribution in [2.45, 2.75) is 12.8 Å². The van der Waals surface area contributed by atoms with Crippen LogP contribution in [0, 0.1) is 5.41 Å². The third kappa shape index (κ3) is 5.33. The number of nitrogens with zero attached hydrogens (tertiary/aromatic N) is 1. The van der Waals surface area contributed by atoms with E-state index in [9.17, 15) is 8.42 Å². The molecule has 2 N–H and O–H groups in total. The van der Waals surface area contributed by atoms with Crippen molar-refractivity contribution in [2.75, 3.05) is 51.9 Å². The molecule has 6 heteroatoms. The first-order chi connectivity index (χ1) is 7.87. The van der Waals surface area contributed by atoms with Crippen molar-refractivity contribution in [3.8, 4) is 0 Å². The van der Waals surface area contributed by atoms with E-state index in [1.54, 1.807) is 0 Å². The first kappa shape index (κ1) is 14.9. The van der Waals surface area contributed by atoms with E-state index in [2.05, 4.69) is 0 Å². The first-order valence-electron chi connectivity index (χ1n) is 6.01. The summed E-state index contributed by atoms with van der Waals surface area (Å²) in [5.41, 5.74) is 5.85. The number of sulfone groups is 1. The van der Waals surface area contributed by atoms with E-state index in [-0.39, 0.29) is 11.2 Å². The molecule has 1 aliphatic heterocycles. The van der Waals surface area contributed by atoms with Gasteiger partial charge in [0.25, 0.3) is 0 Å². The molecule has 1 saturated heterocycles. The molecule has 0 saturated carbocycles. The van der Waals surface area contributed by atoms with Crippen molar-refractivity contribution in [1.82, 2.24) is 4.90 Å². The van der Waals surface area contributed by atoms with Crippen LogP contribution in [-0.4, -0.2) is 65.2 Å². The molecular weight excluding hydrogens is 240 g/mol. The quantitative estimate of drug-likeness (QED) is 0.714. The fourth-order valence-electron chi connectivity index (χ4n) is 2.23.